The molecule has 0 radical (unpaired) electrons. The highest BCUT2D eigenvalue weighted by Crippen LogP contribution is 2.24. The fourth-order valence-corrected chi connectivity index (χ4v) is 1.48. The molecule has 0 heterocycles. The molecule has 16 heavy (non-hydrogen) atoms. The molecule has 0 spiro atoms. The number of hydrogen-bond donors (Lipinski definition) is 1. The van der Waals surface area contributed by atoms with Gasteiger partial charge in [-0.1, -0.05) is 12.1 Å². The van der Waals surface area contributed by atoms with Gasteiger partial charge < -0.3 is 9.84 Å². The van der Waals surface area contributed by atoms with Crippen molar-refractivity contribution in [3.05, 3.63) is 42.0 Å². The Morgan fingerprint density at radius 3 is 2.56 bits per heavy atom. The SMILES string of the molecule is C=CCc1ccc(OC(C)(C)C)c(CO)c1. The standard InChI is InChI=1S/C14H20O2/c1-5-6-11-7-8-13(12(9-11)10-15)16-14(2,3)4/h5,7-9,15H,1,6,10H2,2-4H3. The monoisotopic (exact) mass is 220 g/mol. The van der Waals surface area contributed by atoms with Gasteiger partial charge in [0.15, 0.2) is 0 Å². The molecular formula is C14H20O2. The van der Waals surface area contributed by atoms with Crippen molar-refractivity contribution in [2.24, 2.45) is 0 Å². The second-order valence-electron chi connectivity index (χ2n) is 4.81. The lowest BCUT2D eigenvalue weighted by Gasteiger charge is -2.23. The maximum atomic E-state index is 9.30. The van der Waals surface area contributed by atoms with E-state index in [1.165, 1.54) is 0 Å². The van der Waals surface area contributed by atoms with Crippen LogP contribution in [0.25, 0.3) is 0 Å². The van der Waals surface area contributed by atoms with Gasteiger partial charge in [0.1, 0.15) is 11.4 Å². The summed E-state index contributed by atoms with van der Waals surface area (Å²) in [6, 6.07) is 5.88. The van der Waals surface area contributed by atoms with E-state index in [1.54, 1.807) is 0 Å². The van der Waals surface area contributed by atoms with Gasteiger partial charge in [-0.2, -0.15) is 0 Å². The topological polar surface area (TPSA) is 29.5 Å². The number of rotatable bonds is 4. The molecule has 0 aliphatic heterocycles. The van der Waals surface area contributed by atoms with Crippen LogP contribution in [0.2, 0.25) is 0 Å². The second kappa shape index (κ2) is 5.17. The van der Waals surface area contributed by atoms with Crippen molar-refractivity contribution < 1.29 is 9.84 Å². The molecule has 0 saturated heterocycles. The zero-order chi connectivity index (χ0) is 12.2. The van der Waals surface area contributed by atoms with E-state index in [0.29, 0.717) is 0 Å². The molecular weight excluding hydrogens is 200 g/mol. The van der Waals surface area contributed by atoms with E-state index in [9.17, 15) is 5.11 Å². The molecule has 1 rings (SSSR count). The van der Waals surface area contributed by atoms with Crippen molar-refractivity contribution in [3.63, 3.8) is 0 Å². The minimum Gasteiger partial charge on any atom is -0.488 e. The van der Waals surface area contributed by atoms with Gasteiger partial charge >= 0.3 is 0 Å². The van der Waals surface area contributed by atoms with Crippen molar-refractivity contribution in [1.29, 1.82) is 0 Å². The van der Waals surface area contributed by atoms with Crippen molar-refractivity contribution in [3.8, 4) is 5.75 Å². The van der Waals surface area contributed by atoms with Crippen LogP contribution >= 0.6 is 0 Å². The Labute approximate surface area is 97.6 Å². The number of allylic oxidation sites excluding steroid dienone is 1. The van der Waals surface area contributed by atoms with Gasteiger partial charge in [0.2, 0.25) is 0 Å². The Morgan fingerprint density at radius 1 is 1.38 bits per heavy atom. The molecule has 2 heteroatoms. The summed E-state index contributed by atoms with van der Waals surface area (Å²) >= 11 is 0. The predicted octanol–water partition coefficient (Wildman–Crippen LogP) is 3.08. The third-order valence-corrected chi connectivity index (χ3v) is 2.09. The van der Waals surface area contributed by atoms with Crippen LogP contribution in [0.15, 0.2) is 30.9 Å². The second-order valence-corrected chi connectivity index (χ2v) is 4.81. The lowest BCUT2D eigenvalue weighted by atomic mass is 10.1. The van der Waals surface area contributed by atoms with Crippen LogP contribution in [0.1, 0.15) is 31.9 Å². The van der Waals surface area contributed by atoms with Gasteiger partial charge in [-0.05, 0) is 44.9 Å². The Balaban J connectivity index is 2.97. The molecule has 1 aromatic carbocycles. The van der Waals surface area contributed by atoms with Crippen molar-refractivity contribution in [1.82, 2.24) is 0 Å². The third kappa shape index (κ3) is 3.70. The van der Waals surface area contributed by atoms with Gasteiger partial charge in [-0.3, -0.25) is 0 Å². The molecule has 88 valence electrons. The van der Waals surface area contributed by atoms with Crippen LogP contribution in [-0.2, 0) is 13.0 Å². The lowest BCUT2D eigenvalue weighted by molar-refractivity contribution is 0.126. The summed E-state index contributed by atoms with van der Waals surface area (Å²) in [7, 11) is 0. The van der Waals surface area contributed by atoms with E-state index in [-0.39, 0.29) is 12.2 Å². The van der Waals surface area contributed by atoms with Gasteiger partial charge in [-0.15, -0.1) is 6.58 Å². The summed E-state index contributed by atoms with van der Waals surface area (Å²) in [5.41, 5.74) is 1.72. The summed E-state index contributed by atoms with van der Waals surface area (Å²) in [5, 5.41) is 9.30. The van der Waals surface area contributed by atoms with Crippen LogP contribution in [0.5, 0.6) is 5.75 Å². The van der Waals surface area contributed by atoms with E-state index in [0.717, 1.165) is 23.3 Å². The summed E-state index contributed by atoms with van der Waals surface area (Å²) < 4.78 is 5.77. The zero-order valence-electron chi connectivity index (χ0n) is 10.3. The van der Waals surface area contributed by atoms with Gasteiger partial charge in [-0.25, -0.2) is 0 Å². The first kappa shape index (κ1) is 12.8. The maximum absolute atomic E-state index is 9.30. The zero-order valence-corrected chi connectivity index (χ0v) is 10.3. The first-order valence-corrected chi connectivity index (χ1v) is 5.49. The van der Waals surface area contributed by atoms with Crippen molar-refractivity contribution in [2.45, 2.75) is 39.4 Å². The minimum atomic E-state index is -0.246. The van der Waals surface area contributed by atoms with Crippen LogP contribution < -0.4 is 4.74 Å². The van der Waals surface area contributed by atoms with E-state index in [1.807, 2.05) is 45.0 Å². The molecule has 0 saturated carbocycles. The smallest absolute Gasteiger partial charge is 0.125 e. The maximum Gasteiger partial charge on any atom is 0.125 e. The summed E-state index contributed by atoms with van der Waals surface area (Å²) in [6.07, 6.45) is 2.66. The molecule has 0 unspecified atom stereocenters. The molecule has 2 nitrogen and oxygen atoms in total. The van der Waals surface area contributed by atoms with E-state index >= 15 is 0 Å². The molecule has 0 aliphatic rings. The molecule has 0 amide bonds. The highest BCUT2D eigenvalue weighted by atomic mass is 16.5. The quantitative estimate of drug-likeness (QED) is 0.790. The number of ether oxygens (including phenoxy) is 1. The Bertz CT molecular complexity index is 361. The summed E-state index contributed by atoms with van der Waals surface area (Å²) in [4.78, 5) is 0. The van der Waals surface area contributed by atoms with E-state index in [2.05, 4.69) is 6.58 Å². The Morgan fingerprint density at radius 2 is 2.06 bits per heavy atom. The predicted molar refractivity (Wildman–Crippen MR) is 66.6 cm³/mol. The number of benzene rings is 1. The Kier molecular flexibility index (Phi) is 4.13. The average Bonchev–Trinajstić information content (AvgIpc) is 2.18. The normalized spacial score (nSPS) is 11.2. The van der Waals surface area contributed by atoms with Gasteiger partial charge in [0.05, 0.1) is 6.61 Å². The summed E-state index contributed by atoms with van der Waals surface area (Å²) in [6.45, 7) is 9.67. The summed E-state index contributed by atoms with van der Waals surface area (Å²) in [5.74, 6) is 0.753. The lowest BCUT2D eigenvalue weighted by Crippen LogP contribution is -2.23. The number of aliphatic hydroxyl groups excluding tert-OH is 1. The van der Waals surface area contributed by atoms with Gasteiger partial charge in [0.25, 0.3) is 0 Å². The average molecular weight is 220 g/mol. The fraction of sp³-hybridized carbons (Fsp3) is 0.429. The molecule has 0 aromatic heterocycles. The van der Waals surface area contributed by atoms with Crippen LogP contribution in [0, 0.1) is 0 Å². The molecule has 0 aliphatic carbocycles. The molecule has 1 N–H and O–H groups in total. The minimum absolute atomic E-state index is 0.00358. The first-order valence-electron chi connectivity index (χ1n) is 5.49. The van der Waals surface area contributed by atoms with Gasteiger partial charge in [0, 0.05) is 5.56 Å². The number of hydrogen-bond acceptors (Lipinski definition) is 2. The largest absolute Gasteiger partial charge is 0.488 e. The molecule has 0 bridgehead atoms. The highest BCUT2D eigenvalue weighted by molar-refractivity contribution is 5.37. The van der Waals surface area contributed by atoms with Crippen LogP contribution in [0.4, 0.5) is 0 Å². The number of aliphatic hydroxyl groups is 1. The third-order valence-electron chi connectivity index (χ3n) is 2.09. The Hall–Kier alpha value is -1.28. The molecule has 0 atom stereocenters. The first-order chi connectivity index (χ1) is 7.46. The van der Waals surface area contributed by atoms with E-state index in [4.69, 9.17) is 4.74 Å². The highest BCUT2D eigenvalue weighted by Gasteiger charge is 2.14. The van der Waals surface area contributed by atoms with Crippen molar-refractivity contribution >= 4 is 0 Å². The van der Waals surface area contributed by atoms with Crippen LogP contribution in [-0.4, -0.2) is 10.7 Å². The van der Waals surface area contributed by atoms with Crippen LogP contribution in [0.3, 0.4) is 0 Å². The van der Waals surface area contributed by atoms with Crippen molar-refractivity contribution in [2.75, 3.05) is 0 Å². The van der Waals surface area contributed by atoms with E-state index < -0.39 is 0 Å². The molecule has 1 aromatic rings. The fourth-order valence-electron chi connectivity index (χ4n) is 1.48. The molecule has 0 fully saturated rings.